The SMILES string of the molecule is C(/C=C/c1ccccc1)=N/N1CCN(c2ccccn2)CC1. The van der Waals surface area contributed by atoms with Gasteiger partial charge in [-0.25, -0.2) is 4.98 Å². The normalized spacial score (nSPS) is 15.8. The first-order valence-corrected chi connectivity index (χ1v) is 7.58. The maximum atomic E-state index is 4.50. The molecule has 0 amide bonds. The van der Waals surface area contributed by atoms with Gasteiger partial charge in [0.2, 0.25) is 0 Å². The molecule has 1 aliphatic rings. The maximum absolute atomic E-state index is 4.50. The van der Waals surface area contributed by atoms with Crippen LogP contribution in [0.15, 0.2) is 65.9 Å². The van der Waals surface area contributed by atoms with Gasteiger partial charge in [-0.3, -0.25) is 5.01 Å². The van der Waals surface area contributed by atoms with Crippen molar-refractivity contribution in [2.45, 2.75) is 0 Å². The van der Waals surface area contributed by atoms with Gasteiger partial charge in [0.25, 0.3) is 0 Å². The number of hydrazone groups is 1. The lowest BCUT2D eigenvalue weighted by atomic mass is 10.2. The third-order valence-corrected chi connectivity index (χ3v) is 3.63. The fraction of sp³-hybridized carbons (Fsp3) is 0.222. The summed E-state index contributed by atoms with van der Waals surface area (Å²) in [7, 11) is 0. The highest BCUT2D eigenvalue weighted by atomic mass is 15.5. The Morgan fingerprint density at radius 2 is 1.68 bits per heavy atom. The lowest BCUT2D eigenvalue weighted by Gasteiger charge is -2.33. The molecule has 3 rings (SSSR count). The van der Waals surface area contributed by atoms with Gasteiger partial charge < -0.3 is 4.90 Å². The molecule has 1 aromatic heterocycles. The van der Waals surface area contributed by atoms with Crippen molar-refractivity contribution in [3.8, 4) is 0 Å². The summed E-state index contributed by atoms with van der Waals surface area (Å²) in [4.78, 5) is 6.69. The molecule has 1 saturated heterocycles. The second kappa shape index (κ2) is 7.41. The Bertz CT molecular complexity index is 614. The van der Waals surface area contributed by atoms with Crippen LogP contribution in [0, 0.1) is 0 Å². The predicted molar refractivity (Wildman–Crippen MR) is 92.0 cm³/mol. The average molecular weight is 292 g/mol. The zero-order valence-corrected chi connectivity index (χ0v) is 12.5. The van der Waals surface area contributed by atoms with E-state index in [-0.39, 0.29) is 0 Å². The van der Waals surface area contributed by atoms with Gasteiger partial charge in [0.15, 0.2) is 0 Å². The summed E-state index contributed by atoms with van der Waals surface area (Å²) in [5.74, 6) is 1.05. The van der Waals surface area contributed by atoms with Crippen molar-refractivity contribution >= 4 is 18.1 Å². The van der Waals surface area contributed by atoms with E-state index in [9.17, 15) is 0 Å². The molecule has 22 heavy (non-hydrogen) atoms. The van der Waals surface area contributed by atoms with Crippen molar-refractivity contribution in [1.82, 2.24) is 9.99 Å². The number of pyridine rings is 1. The molecule has 4 nitrogen and oxygen atoms in total. The summed E-state index contributed by atoms with van der Waals surface area (Å²) >= 11 is 0. The average Bonchev–Trinajstić information content (AvgIpc) is 2.61. The molecule has 2 heterocycles. The summed E-state index contributed by atoms with van der Waals surface area (Å²) in [6.07, 6.45) is 7.76. The zero-order valence-electron chi connectivity index (χ0n) is 12.5. The summed E-state index contributed by atoms with van der Waals surface area (Å²) in [5.41, 5.74) is 1.19. The molecule has 4 heteroatoms. The predicted octanol–water partition coefficient (Wildman–Crippen LogP) is 2.90. The molecule has 0 bridgehead atoms. The highest BCUT2D eigenvalue weighted by Gasteiger charge is 2.15. The Morgan fingerprint density at radius 3 is 2.41 bits per heavy atom. The van der Waals surface area contributed by atoms with E-state index >= 15 is 0 Å². The number of allylic oxidation sites excluding steroid dienone is 1. The van der Waals surface area contributed by atoms with Crippen LogP contribution < -0.4 is 4.90 Å². The van der Waals surface area contributed by atoms with Crippen LogP contribution in [-0.2, 0) is 0 Å². The van der Waals surface area contributed by atoms with Gasteiger partial charge in [-0.15, -0.1) is 0 Å². The number of benzene rings is 1. The minimum Gasteiger partial charge on any atom is -0.353 e. The second-order valence-electron chi connectivity index (χ2n) is 5.16. The molecular formula is C18H20N4. The number of rotatable bonds is 4. The van der Waals surface area contributed by atoms with Gasteiger partial charge in [0, 0.05) is 25.5 Å². The Morgan fingerprint density at radius 1 is 0.909 bits per heavy atom. The van der Waals surface area contributed by atoms with E-state index in [2.05, 4.69) is 44.3 Å². The van der Waals surface area contributed by atoms with Crippen molar-refractivity contribution in [2.24, 2.45) is 5.10 Å². The summed E-state index contributed by atoms with van der Waals surface area (Å²) in [5, 5.41) is 6.61. The molecular weight excluding hydrogens is 272 g/mol. The van der Waals surface area contributed by atoms with Crippen molar-refractivity contribution in [3.63, 3.8) is 0 Å². The highest BCUT2D eigenvalue weighted by Crippen LogP contribution is 2.12. The number of anilines is 1. The molecule has 1 aliphatic heterocycles. The number of aromatic nitrogens is 1. The number of hydrogen-bond donors (Lipinski definition) is 0. The molecule has 0 saturated carbocycles. The lowest BCUT2D eigenvalue weighted by Crippen LogP contribution is -2.44. The smallest absolute Gasteiger partial charge is 0.128 e. The first-order valence-electron chi connectivity index (χ1n) is 7.58. The Hall–Kier alpha value is -2.62. The van der Waals surface area contributed by atoms with Gasteiger partial charge in [-0.05, 0) is 23.8 Å². The van der Waals surface area contributed by atoms with Crippen LogP contribution in [0.5, 0.6) is 0 Å². The van der Waals surface area contributed by atoms with Gasteiger partial charge >= 0.3 is 0 Å². The minimum absolute atomic E-state index is 0.923. The first kappa shape index (κ1) is 14.3. The fourth-order valence-electron chi connectivity index (χ4n) is 2.43. The first-order chi connectivity index (χ1) is 10.9. The van der Waals surface area contributed by atoms with E-state index in [4.69, 9.17) is 0 Å². The fourth-order valence-corrected chi connectivity index (χ4v) is 2.43. The van der Waals surface area contributed by atoms with E-state index in [1.165, 1.54) is 5.56 Å². The molecule has 0 radical (unpaired) electrons. The van der Waals surface area contributed by atoms with Crippen LogP contribution in [0.1, 0.15) is 5.56 Å². The number of piperazine rings is 1. The van der Waals surface area contributed by atoms with E-state index in [1.54, 1.807) is 0 Å². The Labute approximate surface area is 131 Å². The van der Waals surface area contributed by atoms with E-state index < -0.39 is 0 Å². The number of nitrogens with zero attached hydrogens (tertiary/aromatic N) is 4. The van der Waals surface area contributed by atoms with Gasteiger partial charge in [0.05, 0.1) is 13.1 Å². The van der Waals surface area contributed by atoms with E-state index in [0.29, 0.717) is 0 Å². The van der Waals surface area contributed by atoms with Crippen LogP contribution in [-0.4, -0.2) is 42.4 Å². The van der Waals surface area contributed by atoms with Crippen LogP contribution >= 0.6 is 0 Å². The Balaban J connectivity index is 1.48. The molecule has 112 valence electrons. The van der Waals surface area contributed by atoms with Crippen molar-refractivity contribution in [3.05, 3.63) is 66.4 Å². The Kier molecular flexibility index (Phi) is 4.82. The van der Waals surface area contributed by atoms with Crippen LogP contribution in [0.25, 0.3) is 6.08 Å². The summed E-state index contributed by atoms with van der Waals surface area (Å²) in [6.45, 7) is 3.76. The van der Waals surface area contributed by atoms with Crippen molar-refractivity contribution in [2.75, 3.05) is 31.1 Å². The minimum atomic E-state index is 0.923. The van der Waals surface area contributed by atoms with Gasteiger partial charge in [-0.1, -0.05) is 42.5 Å². The summed E-state index contributed by atoms with van der Waals surface area (Å²) in [6, 6.07) is 16.3. The third-order valence-electron chi connectivity index (χ3n) is 3.63. The number of hydrogen-bond acceptors (Lipinski definition) is 4. The monoisotopic (exact) mass is 292 g/mol. The molecule has 0 unspecified atom stereocenters. The molecule has 0 spiro atoms. The standard InChI is InChI=1S/C18H20N4/c1-2-7-17(8-3-1)9-6-12-20-22-15-13-21(14-16-22)18-10-4-5-11-19-18/h1-12H,13-16H2/b9-6+,20-12-. The quantitative estimate of drug-likeness (QED) is 0.812. The maximum Gasteiger partial charge on any atom is 0.128 e. The molecule has 1 fully saturated rings. The molecule has 0 atom stereocenters. The van der Waals surface area contributed by atoms with Crippen molar-refractivity contribution < 1.29 is 0 Å². The lowest BCUT2D eigenvalue weighted by molar-refractivity contribution is 0.271. The van der Waals surface area contributed by atoms with Crippen LogP contribution in [0.4, 0.5) is 5.82 Å². The molecule has 0 aliphatic carbocycles. The van der Waals surface area contributed by atoms with Crippen LogP contribution in [0.3, 0.4) is 0 Å². The zero-order chi connectivity index (χ0) is 15.0. The summed E-state index contributed by atoms with van der Waals surface area (Å²) < 4.78 is 0. The van der Waals surface area contributed by atoms with E-state index in [1.807, 2.05) is 48.8 Å². The van der Waals surface area contributed by atoms with E-state index in [0.717, 1.165) is 32.0 Å². The third kappa shape index (κ3) is 3.95. The molecule has 0 N–H and O–H groups in total. The second-order valence-corrected chi connectivity index (χ2v) is 5.16. The van der Waals surface area contributed by atoms with Crippen molar-refractivity contribution in [1.29, 1.82) is 0 Å². The topological polar surface area (TPSA) is 31.7 Å². The molecule has 1 aromatic carbocycles. The highest BCUT2D eigenvalue weighted by molar-refractivity contribution is 5.77. The largest absolute Gasteiger partial charge is 0.353 e. The van der Waals surface area contributed by atoms with Gasteiger partial charge in [-0.2, -0.15) is 5.10 Å². The van der Waals surface area contributed by atoms with Crippen LogP contribution in [0.2, 0.25) is 0 Å². The van der Waals surface area contributed by atoms with Gasteiger partial charge in [0.1, 0.15) is 5.82 Å². The molecule has 2 aromatic rings.